The SMILES string of the molecule is NC(c1ccc(Cl)c(Cl)c1)c1cccc2ccccc12. The van der Waals surface area contributed by atoms with Crippen molar-refractivity contribution in [2.24, 2.45) is 5.73 Å². The number of benzene rings is 3. The van der Waals surface area contributed by atoms with Gasteiger partial charge in [-0.2, -0.15) is 0 Å². The largest absolute Gasteiger partial charge is 0.320 e. The van der Waals surface area contributed by atoms with Crippen LogP contribution < -0.4 is 5.73 Å². The summed E-state index contributed by atoms with van der Waals surface area (Å²) in [6.45, 7) is 0. The molecule has 0 bridgehead atoms. The highest BCUT2D eigenvalue weighted by atomic mass is 35.5. The van der Waals surface area contributed by atoms with E-state index in [9.17, 15) is 0 Å². The molecule has 3 rings (SSSR count). The van der Waals surface area contributed by atoms with Crippen LogP contribution in [0.1, 0.15) is 17.2 Å². The molecule has 20 heavy (non-hydrogen) atoms. The van der Waals surface area contributed by atoms with Gasteiger partial charge in [0.05, 0.1) is 16.1 Å². The predicted octanol–water partition coefficient (Wildman–Crippen LogP) is 5.19. The van der Waals surface area contributed by atoms with Crippen molar-refractivity contribution in [1.82, 2.24) is 0 Å². The molecule has 2 N–H and O–H groups in total. The molecule has 1 nitrogen and oxygen atoms in total. The molecule has 0 saturated carbocycles. The van der Waals surface area contributed by atoms with Crippen LogP contribution in [0.5, 0.6) is 0 Å². The minimum atomic E-state index is -0.226. The molecule has 3 aromatic carbocycles. The Balaban J connectivity index is 2.12. The quantitative estimate of drug-likeness (QED) is 0.692. The van der Waals surface area contributed by atoms with Gasteiger partial charge < -0.3 is 5.73 Å². The van der Waals surface area contributed by atoms with Crippen LogP contribution in [0.3, 0.4) is 0 Å². The lowest BCUT2D eigenvalue weighted by Gasteiger charge is -2.16. The number of hydrogen-bond acceptors (Lipinski definition) is 1. The molecule has 0 heterocycles. The van der Waals surface area contributed by atoms with Gasteiger partial charge in [0.25, 0.3) is 0 Å². The van der Waals surface area contributed by atoms with E-state index in [1.54, 1.807) is 6.07 Å². The number of fused-ring (bicyclic) bond motifs is 1. The van der Waals surface area contributed by atoms with E-state index in [4.69, 9.17) is 28.9 Å². The number of rotatable bonds is 2. The highest BCUT2D eigenvalue weighted by molar-refractivity contribution is 6.42. The summed E-state index contributed by atoms with van der Waals surface area (Å²) >= 11 is 12.0. The van der Waals surface area contributed by atoms with Crippen molar-refractivity contribution in [2.45, 2.75) is 6.04 Å². The van der Waals surface area contributed by atoms with E-state index in [2.05, 4.69) is 24.3 Å². The number of nitrogens with two attached hydrogens (primary N) is 1. The van der Waals surface area contributed by atoms with E-state index in [1.165, 1.54) is 5.39 Å². The lowest BCUT2D eigenvalue weighted by molar-refractivity contribution is 0.881. The first-order chi connectivity index (χ1) is 9.66. The first kappa shape index (κ1) is 13.4. The van der Waals surface area contributed by atoms with Crippen LogP contribution in [-0.2, 0) is 0 Å². The molecule has 1 unspecified atom stereocenters. The van der Waals surface area contributed by atoms with Crippen LogP contribution in [0.15, 0.2) is 60.7 Å². The smallest absolute Gasteiger partial charge is 0.0595 e. The zero-order valence-electron chi connectivity index (χ0n) is 10.7. The normalized spacial score (nSPS) is 12.6. The van der Waals surface area contributed by atoms with Crippen molar-refractivity contribution < 1.29 is 0 Å². The molecule has 0 aliphatic heterocycles. The van der Waals surface area contributed by atoms with Crippen LogP contribution >= 0.6 is 23.2 Å². The van der Waals surface area contributed by atoms with Gasteiger partial charge in [-0.05, 0) is 34.0 Å². The van der Waals surface area contributed by atoms with Crippen LogP contribution in [0.25, 0.3) is 10.8 Å². The van der Waals surface area contributed by atoms with E-state index in [0.29, 0.717) is 10.0 Å². The fourth-order valence-corrected chi connectivity index (χ4v) is 2.71. The predicted molar refractivity (Wildman–Crippen MR) is 86.4 cm³/mol. The minimum Gasteiger partial charge on any atom is -0.320 e. The molecule has 0 aliphatic rings. The zero-order chi connectivity index (χ0) is 14.1. The molecule has 0 spiro atoms. The van der Waals surface area contributed by atoms with Gasteiger partial charge in [0.2, 0.25) is 0 Å². The Morgan fingerprint density at radius 2 is 1.55 bits per heavy atom. The van der Waals surface area contributed by atoms with E-state index in [-0.39, 0.29) is 6.04 Å². The molecule has 0 fully saturated rings. The van der Waals surface area contributed by atoms with Crippen molar-refractivity contribution in [2.75, 3.05) is 0 Å². The van der Waals surface area contributed by atoms with Crippen molar-refractivity contribution in [3.05, 3.63) is 81.8 Å². The maximum atomic E-state index is 6.40. The summed E-state index contributed by atoms with van der Waals surface area (Å²) in [7, 11) is 0. The Labute approximate surface area is 127 Å². The van der Waals surface area contributed by atoms with Crippen molar-refractivity contribution in [3.8, 4) is 0 Å². The Hall–Kier alpha value is -1.54. The molecule has 0 radical (unpaired) electrons. The molecule has 0 aliphatic carbocycles. The van der Waals surface area contributed by atoms with Crippen molar-refractivity contribution in [3.63, 3.8) is 0 Å². The second-order valence-electron chi connectivity index (χ2n) is 4.72. The first-order valence-electron chi connectivity index (χ1n) is 6.35. The average molecular weight is 302 g/mol. The molecule has 0 amide bonds. The van der Waals surface area contributed by atoms with Crippen LogP contribution in [0.2, 0.25) is 10.0 Å². The second-order valence-corrected chi connectivity index (χ2v) is 5.53. The van der Waals surface area contributed by atoms with Gasteiger partial charge in [-0.15, -0.1) is 0 Å². The third-order valence-corrected chi connectivity index (χ3v) is 4.20. The second kappa shape index (κ2) is 5.45. The number of hydrogen-bond donors (Lipinski definition) is 1. The molecule has 0 saturated heterocycles. The van der Waals surface area contributed by atoms with Gasteiger partial charge in [-0.1, -0.05) is 71.7 Å². The standard InChI is InChI=1S/C17H13Cl2N/c18-15-9-8-12(10-16(15)19)17(20)14-7-3-5-11-4-1-2-6-13(11)14/h1-10,17H,20H2. The van der Waals surface area contributed by atoms with Gasteiger partial charge in [0.1, 0.15) is 0 Å². The van der Waals surface area contributed by atoms with E-state index < -0.39 is 0 Å². The molecule has 3 aromatic rings. The molecule has 1 atom stereocenters. The summed E-state index contributed by atoms with van der Waals surface area (Å²) in [4.78, 5) is 0. The Kier molecular flexibility index (Phi) is 3.66. The van der Waals surface area contributed by atoms with E-state index in [0.717, 1.165) is 16.5 Å². The third kappa shape index (κ3) is 2.40. The maximum absolute atomic E-state index is 6.40. The van der Waals surface area contributed by atoms with Gasteiger partial charge in [-0.25, -0.2) is 0 Å². The maximum Gasteiger partial charge on any atom is 0.0595 e. The highest BCUT2D eigenvalue weighted by Crippen LogP contribution is 2.30. The van der Waals surface area contributed by atoms with Gasteiger partial charge >= 0.3 is 0 Å². The molecular formula is C17H13Cl2N. The summed E-state index contributed by atoms with van der Waals surface area (Å²) in [5, 5.41) is 3.41. The molecule has 3 heteroatoms. The fourth-order valence-electron chi connectivity index (χ4n) is 2.41. The Morgan fingerprint density at radius 1 is 0.800 bits per heavy atom. The minimum absolute atomic E-state index is 0.226. The van der Waals surface area contributed by atoms with Crippen molar-refractivity contribution >= 4 is 34.0 Å². The van der Waals surface area contributed by atoms with E-state index >= 15 is 0 Å². The molecule has 100 valence electrons. The summed E-state index contributed by atoms with van der Waals surface area (Å²) in [5.74, 6) is 0. The van der Waals surface area contributed by atoms with Crippen LogP contribution in [0, 0.1) is 0 Å². The fraction of sp³-hybridized carbons (Fsp3) is 0.0588. The lowest BCUT2D eigenvalue weighted by Crippen LogP contribution is -2.12. The summed E-state index contributed by atoms with van der Waals surface area (Å²) in [6.07, 6.45) is 0. The summed E-state index contributed by atoms with van der Waals surface area (Å²) in [6, 6.07) is 19.7. The van der Waals surface area contributed by atoms with Gasteiger partial charge in [0, 0.05) is 0 Å². The molecular weight excluding hydrogens is 289 g/mol. The average Bonchev–Trinajstić information content (AvgIpc) is 2.49. The summed E-state index contributed by atoms with van der Waals surface area (Å²) < 4.78 is 0. The van der Waals surface area contributed by atoms with Crippen LogP contribution in [0.4, 0.5) is 0 Å². The number of halogens is 2. The van der Waals surface area contributed by atoms with Crippen LogP contribution in [-0.4, -0.2) is 0 Å². The first-order valence-corrected chi connectivity index (χ1v) is 7.10. The van der Waals surface area contributed by atoms with Crippen molar-refractivity contribution in [1.29, 1.82) is 0 Å². The van der Waals surface area contributed by atoms with E-state index in [1.807, 2.05) is 30.3 Å². The third-order valence-electron chi connectivity index (χ3n) is 3.46. The topological polar surface area (TPSA) is 26.0 Å². The lowest BCUT2D eigenvalue weighted by atomic mass is 9.94. The monoisotopic (exact) mass is 301 g/mol. The van der Waals surface area contributed by atoms with Gasteiger partial charge in [0.15, 0.2) is 0 Å². The zero-order valence-corrected chi connectivity index (χ0v) is 12.2. The molecule has 0 aromatic heterocycles. The van der Waals surface area contributed by atoms with Gasteiger partial charge in [-0.3, -0.25) is 0 Å². The highest BCUT2D eigenvalue weighted by Gasteiger charge is 2.13. The summed E-state index contributed by atoms with van der Waals surface area (Å²) in [5.41, 5.74) is 8.44. The Morgan fingerprint density at radius 3 is 2.35 bits per heavy atom. The Bertz CT molecular complexity index is 763.